The number of anilines is 1. The number of non-ortho nitro benzene ring substituents is 1. The molecule has 7 heteroatoms. The zero-order valence-electron chi connectivity index (χ0n) is 12.4. The van der Waals surface area contributed by atoms with Gasteiger partial charge in [0, 0.05) is 30.8 Å². The van der Waals surface area contributed by atoms with Crippen LogP contribution in [0, 0.1) is 10.1 Å². The highest BCUT2D eigenvalue weighted by molar-refractivity contribution is 5.97. The van der Waals surface area contributed by atoms with Crippen molar-refractivity contribution < 1.29 is 14.5 Å². The predicted octanol–water partition coefficient (Wildman–Crippen LogP) is 2.32. The zero-order valence-corrected chi connectivity index (χ0v) is 12.4. The van der Waals surface area contributed by atoms with Crippen LogP contribution in [0.15, 0.2) is 24.3 Å². The number of carbonyl (C=O) groups excluding carboxylic acids is 2. The Labute approximate surface area is 128 Å². The number of likely N-dealkylation sites (tertiary alicyclic amines) is 1. The van der Waals surface area contributed by atoms with Gasteiger partial charge in [-0.2, -0.15) is 0 Å². The molecule has 0 radical (unpaired) electrons. The SMILES string of the molecule is CCCC(=O)N1CCCC1C(=O)Nc1cccc([N+](=O)[O-])c1. The lowest BCUT2D eigenvalue weighted by atomic mass is 10.2. The lowest BCUT2D eigenvalue weighted by molar-refractivity contribution is -0.384. The summed E-state index contributed by atoms with van der Waals surface area (Å²) in [6.07, 6.45) is 2.59. The number of nitrogens with one attached hydrogen (secondary N) is 1. The normalized spacial score (nSPS) is 17.3. The van der Waals surface area contributed by atoms with E-state index < -0.39 is 11.0 Å². The predicted molar refractivity (Wildman–Crippen MR) is 81.4 cm³/mol. The molecule has 0 spiro atoms. The number of rotatable bonds is 5. The van der Waals surface area contributed by atoms with Crippen molar-refractivity contribution in [3.05, 3.63) is 34.4 Å². The Hall–Kier alpha value is -2.44. The topological polar surface area (TPSA) is 92.6 Å². The Morgan fingerprint density at radius 2 is 2.23 bits per heavy atom. The van der Waals surface area contributed by atoms with Crippen LogP contribution in [-0.2, 0) is 9.59 Å². The lowest BCUT2D eigenvalue weighted by Gasteiger charge is -2.23. The van der Waals surface area contributed by atoms with Crippen molar-refractivity contribution in [3.8, 4) is 0 Å². The number of nitro benzene ring substituents is 1. The van der Waals surface area contributed by atoms with E-state index in [9.17, 15) is 19.7 Å². The van der Waals surface area contributed by atoms with Gasteiger partial charge in [-0.05, 0) is 25.3 Å². The Morgan fingerprint density at radius 3 is 2.91 bits per heavy atom. The van der Waals surface area contributed by atoms with Gasteiger partial charge >= 0.3 is 0 Å². The monoisotopic (exact) mass is 305 g/mol. The summed E-state index contributed by atoms with van der Waals surface area (Å²) < 4.78 is 0. The smallest absolute Gasteiger partial charge is 0.271 e. The van der Waals surface area contributed by atoms with E-state index in [4.69, 9.17) is 0 Å². The summed E-state index contributed by atoms with van der Waals surface area (Å²) in [5.41, 5.74) is 0.289. The molecule has 1 aromatic rings. The Morgan fingerprint density at radius 1 is 1.45 bits per heavy atom. The lowest BCUT2D eigenvalue weighted by Crippen LogP contribution is -2.43. The summed E-state index contributed by atoms with van der Waals surface area (Å²) in [4.78, 5) is 36.2. The number of nitro groups is 1. The molecule has 1 fully saturated rings. The minimum absolute atomic E-state index is 0.0146. The number of carbonyl (C=O) groups is 2. The van der Waals surface area contributed by atoms with Crippen LogP contribution in [0.5, 0.6) is 0 Å². The van der Waals surface area contributed by atoms with E-state index in [1.54, 1.807) is 11.0 Å². The first-order valence-corrected chi connectivity index (χ1v) is 7.37. The average Bonchev–Trinajstić information content (AvgIpc) is 2.97. The number of hydrogen-bond acceptors (Lipinski definition) is 4. The van der Waals surface area contributed by atoms with E-state index in [1.165, 1.54) is 18.2 Å². The molecule has 1 N–H and O–H groups in total. The number of nitrogens with zero attached hydrogens (tertiary/aromatic N) is 2. The summed E-state index contributed by atoms with van der Waals surface area (Å²) in [5, 5.41) is 13.4. The summed E-state index contributed by atoms with van der Waals surface area (Å²) in [7, 11) is 0. The standard InChI is InChI=1S/C15H19N3O4/c1-2-5-14(19)17-9-4-8-13(17)15(20)16-11-6-3-7-12(10-11)18(21)22/h3,6-7,10,13H,2,4-5,8-9H2,1H3,(H,16,20). The maximum atomic E-state index is 12.3. The summed E-state index contributed by atoms with van der Waals surface area (Å²) >= 11 is 0. The first-order valence-electron chi connectivity index (χ1n) is 7.37. The second-order valence-corrected chi connectivity index (χ2v) is 5.29. The fourth-order valence-electron chi connectivity index (χ4n) is 2.62. The van der Waals surface area contributed by atoms with Crippen molar-refractivity contribution in [2.24, 2.45) is 0 Å². The zero-order chi connectivity index (χ0) is 16.1. The highest BCUT2D eigenvalue weighted by Crippen LogP contribution is 2.22. The molecule has 22 heavy (non-hydrogen) atoms. The van der Waals surface area contributed by atoms with Crippen LogP contribution in [0.4, 0.5) is 11.4 Å². The van der Waals surface area contributed by atoms with Crippen molar-refractivity contribution in [1.82, 2.24) is 4.90 Å². The second-order valence-electron chi connectivity index (χ2n) is 5.29. The van der Waals surface area contributed by atoms with E-state index in [1.807, 2.05) is 6.92 Å². The summed E-state index contributed by atoms with van der Waals surface area (Å²) in [6.45, 7) is 2.51. The van der Waals surface area contributed by atoms with E-state index >= 15 is 0 Å². The van der Waals surface area contributed by atoms with Gasteiger partial charge in [-0.1, -0.05) is 13.0 Å². The molecule has 2 amide bonds. The summed E-state index contributed by atoms with van der Waals surface area (Å²) in [5.74, 6) is -0.304. The molecule has 1 saturated heterocycles. The molecule has 1 aliphatic rings. The van der Waals surface area contributed by atoms with Crippen molar-refractivity contribution in [3.63, 3.8) is 0 Å². The van der Waals surface area contributed by atoms with Gasteiger partial charge in [0.2, 0.25) is 11.8 Å². The van der Waals surface area contributed by atoms with Crippen molar-refractivity contribution >= 4 is 23.2 Å². The van der Waals surface area contributed by atoms with Gasteiger partial charge in [-0.25, -0.2) is 0 Å². The largest absolute Gasteiger partial charge is 0.331 e. The second kappa shape index (κ2) is 7.02. The maximum absolute atomic E-state index is 12.3. The van der Waals surface area contributed by atoms with E-state index in [2.05, 4.69) is 5.32 Å². The Bertz CT molecular complexity index is 588. The molecule has 0 aromatic heterocycles. The van der Waals surface area contributed by atoms with Gasteiger partial charge in [0.1, 0.15) is 6.04 Å². The van der Waals surface area contributed by atoms with Gasteiger partial charge in [-0.3, -0.25) is 19.7 Å². The van der Waals surface area contributed by atoms with E-state index in [-0.39, 0.29) is 17.5 Å². The van der Waals surface area contributed by atoms with Crippen molar-refractivity contribution in [1.29, 1.82) is 0 Å². The number of amides is 2. The van der Waals surface area contributed by atoms with Crippen LogP contribution < -0.4 is 5.32 Å². The van der Waals surface area contributed by atoms with Crippen LogP contribution >= 0.6 is 0 Å². The maximum Gasteiger partial charge on any atom is 0.271 e. The van der Waals surface area contributed by atoms with E-state index in [0.717, 1.165) is 12.8 Å². The molecular weight excluding hydrogens is 286 g/mol. The van der Waals surface area contributed by atoms with Crippen LogP contribution in [0.25, 0.3) is 0 Å². The third-order valence-electron chi connectivity index (χ3n) is 3.66. The molecule has 118 valence electrons. The average molecular weight is 305 g/mol. The highest BCUT2D eigenvalue weighted by Gasteiger charge is 2.33. The van der Waals surface area contributed by atoms with Crippen LogP contribution in [0.3, 0.4) is 0 Å². The molecule has 7 nitrogen and oxygen atoms in total. The van der Waals surface area contributed by atoms with Crippen molar-refractivity contribution in [2.45, 2.75) is 38.6 Å². The fraction of sp³-hybridized carbons (Fsp3) is 0.467. The van der Waals surface area contributed by atoms with Crippen LogP contribution in [0.2, 0.25) is 0 Å². The molecule has 1 heterocycles. The van der Waals surface area contributed by atoms with Crippen LogP contribution in [0.1, 0.15) is 32.6 Å². The minimum atomic E-state index is -0.512. The molecule has 1 unspecified atom stereocenters. The molecule has 0 saturated carbocycles. The first-order chi connectivity index (χ1) is 10.5. The van der Waals surface area contributed by atoms with Gasteiger partial charge in [0.05, 0.1) is 4.92 Å². The van der Waals surface area contributed by atoms with Gasteiger partial charge in [0.15, 0.2) is 0 Å². The molecule has 2 rings (SSSR count). The number of hydrogen-bond donors (Lipinski definition) is 1. The third kappa shape index (κ3) is 3.60. The van der Waals surface area contributed by atoms with Gasteiger partial charge < -0.3 is 10.2 Å². The number of benzene rings is 1. The third-order valence-corrected chi connectivity index (χ3v) is 3.66. The van der Waals surface area contributed by atoms with Crippen molar-refractivity contribution in [2.75, 3.05) is 11.9 Å². The molecule has 1 atom stereocenters. The molecule has 0 aliphatic carbocycles. The van der Waals surface area contributed by atoms with E-state index in [0.29, 0.717) is 25.1 Å². The van der Waals surface area contributed by atoms with Gasteiger partial charge in [-0.15, -0.1) is 0 Å². The Balaban J connectivity index is 2.06. The minimum Gasteiger partial charge on any atom is -0.331 e. The highest BCUT2D eigenvalue weighted by atomic mass is 16.6. The molecule has 0 bridgehead atoms. The molecular formula is C15H19N3O4. The fourth-order valence-corrected chi connectivity index (χ4v) is 2.62. The molecule has 1 aliphatic heterocycles. The summed E-state index contributed by atoms with van der Waals surface area (Å²) in [6, 6.07) is 5.30. The van der Waals surface area contributed by atoms with Crippen LogP contribution in [-0.4, -0.2) is 34.2 Å². The van der Waals surface area contributed by atoms with Gasteiger partial charge in [0.25, 0.3) is 5.69 Å². The quantitative estimate of drug-likeness (QED) is 0.667. The molecule has 1 aromatic carbocycles. The Kier molecular flexibility index (Phi) is 5.08. The first kappa shape index (κ1) is 15.9.